The molecule has 2 amide bonds. The van der Waals surface area contributed by atoms with Gasteiger partial charge in [0.15, 0.2) is 17.1 Å². The Morgan fingerprint density at radius 2 is 2.03 bits per heavy atom. The number of thioether (sulfide) groups is 1. The highest BCUT2D eigenvalue weighted by atomic mass is 32.2. The first kappa shape index (κ1) is 24.3. The van der Waals surface area contributed by atoms with E-state index in [1.165, 1.54) is 27.2 Å². The molecule has 2 atom stereocenters. The largest absolute Gasteiger partial charge is 0.443 e. The van der Waals surface area contributed by atoms with Gasteiger partial charge in [-0.15, -0.1) is 0 Å². The maximum Gasteiger partial charge on any atom is 0.433 e. The molecule has 1 aromatic carbocycles. The molecule has 0 spiro atoms. The molecule has 3 aliphatic heterocycles. The van der Waals surface area contributed by atoms with Crippen molar-refractivity contribution in [1.29, 1.82) is 0 Å². The van der Waals surface area contributed by atoms with Gasteiger partial charge in [0.1, 0.15) is 17.4 Å². The van der Waals surface area contributed by atoms with Crippen LogP contribution in [0.5, 0.6) is 0 Å². The molecule has 1 aromatic rings. The Kier molecular flexibility index (Phi) is 6.99. The second-order valence-electron chi connectivity index (χ2n) is 9.02. The fourth-order valence-corrected chi connectivity index (χ4v) is 4.48. The number of nitrogens with zero attached hydrogens (tertiary/aromatic N) is 4. The van der Waals surface area contributed by atoms with Gasteiger partial charge in [0.2, 0.25) is 0 Å². The molecule has 3 heterocycles. The highest BCUT2D eigenvalue weighted by molar-refractivity contribution is 8.12. The monoisotopic (exact) mass is 495 g/mol. The number of hydrazone groups is 1. The quantitative estimate of drug-likeness (QED) is 0.621. The van der Waals surface area contributed by atoms with Crippen molar-refractivity contribution in [2.45, 2.75) is 44.4 Å². The van der Waals surface area contributed by atoms with Crippen LogP contribution < -0.4 is 15.1 Å². The molecular weight excluding hydrogens is 468 g/mol. The summed E-state index contributed by atoms with van der Waals surface area (Å²) in [5.41, 5.74) is 0.304. The Hall–Kier alpha value is -2.86. The van der Waals surface area contributed by atoms with Crippen molar-refractivity contribution in [3.63, 3.8) is 0 Å². The summed E-state index contributed by atoms with van der Waals surface area (Å²) in [5.74, 6) is -1.46. The number of halogens is 2. The summed E-state index contributed by atoms with van der Waals surface area (Å²) in [6.45, 7) is 6.52. The minimum Gasteiger partial charge on any atom is -0.443 e. The van der Waals surface area contributed by atoms with Crippen molar-refractivity contribution < 1.29 is 27.8 Å². The summed E-state index contributed by atoms with van der Waals surface area (Å²) >= 11 is 1.26. The lowest BCUT2D eigenvalue weighted by Crippen LogP contribution is -2.46. The van der Waals surface area contributed by atoms with Gasteiger partial charge in [-0.05, 0) is 27.2 Å². The van der Waals surface area contributed by atoms with Crippen LogP contribution in [0.1, 0.15) is 27.2 Å². The van der Waals surface area contributed by atoms with Crippen LogP contribution in [0.25, 0.3) is 0 Å². The third-order valence-corrected chi connectivity index (χ3v) is 6.09. The third kappa shape index (κ3) is 5.44. The molecule has 1 saturated heterocycles. The Labute approximate surface area is 200 Å². The van der Waals surface area contributed by atoms with E-state index < -0.39 is 41.0 Å². The number of amides is 2. The zero-order chi connectivity index (χ0) is 24.5. The summed E-state index contributed by atoms with van der Waals surface area (Å²) in [6.07, 6.45) is 2.66. The van der Waals surface area contributed by atoms with Crippen LogP contribution in [-0.2, 0) is 9.47 Å². The predicted molar refractivity (Wildman–Crippen MR) is 126 cm³/mol. The second kappa shape index (κ2) is 9.79. The first-order valence-corrected chi connectivity index (χ1v) is 11.9. The van der Waals surface area contributed by atoms with Crippen LogP contribution in [0.2, 0.25) is 0 Å². The number of hydrogen-bond donors (Lipinski definition) is 1. The average Bonchev–Trinajstić information content (AvgIpc) is 3.37. The Bertz CT molecular complexity index is 992. The van der Waals surface area contributed by atoms with E-state index in [1.54, 1.807) is 25.7 Å². The molecule has 12 heteroatoms. The summed E-state index contributed by atoms with van der Waals surface area (Å²) < 4.78 is 40.3. The molecule has 4 rings (SSSR count). The van der Waals surface area contributed by atoms with E-state index in [4.69, 9.17) is 9.47 Å². The first-order chi connectivity index (χ1) is 16.1. The van der Waals surface area contributed by atoms with E-state index in [-0.39, 0.29) is 24.5 Å². The molecule has 1 N–H and O–H groups in total. The fraction of sp³-hybridized carbons (Fsp3) is 0.500. The number of hydrogen-bond acceptors (Lipinski definition) is 8. The molecule has 3 aliphatic rings. The second-order valence-corrected chi connectivity index (χ2v) is 9.95. The van der Waals surface area contributed by atoms with Crippen LogP contribution >= 0.6 is 11.8 Å². The van der Waals surface area contributed by atoms with Crippen LogP contribution in [-0.4, -0.2) is 66.1 Å². The minimum atomic E-state index is -0.729. The Morgan fingerprint density at radius 1 is 1.29 bits per heavy atom. The molecule has 0 radical (unpaired) electrons. The minimum absolute atomic E-state index is 0.0905. The number of anilines is 2. The number of carbonyl (C=O) groups excluding carboxylic acids is 2. The molecule has 184 valence electrons. The van der Waals surface area contributed by atoms with E-state index in [1.807, 2.05) is 12.2 Å². The van der Waals surface area contributed by atoms with Gasteiger partial charge in [-0.2, -0.15) is 10.1 Å². The number of nitrogens with one attached hydrogen (secondary N) is 1. The van der Waals surface area contributed by atoms with E-state index >= 15 is 0 Å². The summed E-state index contributed by atoms with van der Waals surface area (Å²) in [5, 5.41) is 8.29. The zero-order valence-corrected chi connectivity index (χ0v) is 20.0. The highest BCUT2D eigenvalue weighted by Gasteiger charge is 2.36. The Morgan fingerprint density at radius 3 is 2.68 bits per heavy atom. The molecule has 0 aromatic heterocycles. The van der Waals surface area contributed by atoms with Gasteiger partial charge in [-0.1, -0.05) is 23.9 Å². The number of rotatable bonds is 5. The zero-order valence-electron chi connectivity index (χ0n) is 19.2. The number of cyclic esters (lactones) is 1. The summed E-state index contributed by atoms with van der Waals surface area (Å²) in [6, 6.07) is 2.30. The summed E-state index contributed by atoms with van der Waals surface area (Å²) in [7, 11) is 0. The van der Waals surface area contributed by atoms with Gasteiger partial charge in [-0.3, -0.25) is 10.2 Å². The van der Waals surface area contributed by atoms with Crippen molar-refractivity contribution >= 4 is 40.9 Å². The molecular formula is C22H27F2N5O4S. The van der Waals surface area contributed by atoms with Crippen molar-refractivity contribution in [2.75, 3.05) is 36.0 Å². The maximum absolute atomic E-state index is 14.8. The molecule has 0 saturated carbocycles. The van der Waals surface area contributed by atoms with E-state index in [0.29, 0.717) is 19.5 Å². The Balaban J connectivity index is 1.37. The standard InChI is InChI=1S/C22H27F2N5O4S/c1-22(2,3)33-21(31)29-19(34-13-26-29)25-11-15-12-28(20(30)32-15)14-9-16(23)18(17(24)10-14)27-7-5-4-6-8-27/h4-5,9-10,13,15,19,25H,6-8,11-12H2,1-3H3/t15-,19?/m1/s1. The van der Waals surface area contributed by atoms with Crippen molar-refractivity contribution in [1.82, 2.24) is 10.3 Å². The molecule has 1 fully saturated rings. The maximum atomic E-state index is 14.8. The van der Waals surface area contributed by atoms with E-state index in [2.05, 4.69) is 10.4 Å². The first-order valence-electron chi connectivity index (χ1n) is 10.9. The molecule has 1 unspecified atom stereocenters. The van der Waals surface area contributed by atoms with Gasteiger partial charge < -0.3 is 14.4 Å². The van der Waals surface area contributed by atoms with Crippen LogP contribution in [0.3, 0.4) is 0 Å². The summed E-state index contributed by atoms with van der Waals surface area (Å²) in [4.78, 5) is 27.6. The topological polar surface area (TPSA) is 86.7 Å². The highest BCUT2D eigenvalue weighted by Crippen LogP contribution is 2.32. The van der Waals surface area contributed by atoms with Crippen molar-refractivity contribution in [2.24, 2.45) is 5.10 Å². The molecule has 34 heavy (non-hydrogen) atoms. The van der Waals surface area contributed by atoms with Gasteiger partial charge in [0.05, 0.1) is 17.8 Å². The number of ether oxygens (including phenoxy) is 2. The number of carbonyl (C=O) groups is 2. The lowest BCUT2D eigenvalue weighted by Gasteiger charge is -2.27. The van der Waals surface area contributed by atoms with Crippen molar-refractivity contribution in [3.05, 3.63) is 35.9 Å². The molecule has 0 bridgehead atoms. The van der Waals surface area contributed by atoms with E-state index in [0.717, 1.165) is 12.1 Å². The van der Waals surface area contributed by atoms with Crippen molar-refractivity contribution in [3.8, 4) is 0 Å². The average molecular weight is 496 g/mol. The SMILES string of the molecule is CC(C)(C)OC(=O)N1N=CSC1NC[C@@H]1CN(c2cc(F)c(N3CC=CCC3)c(F)c2)C(=O)O1. The molecule has 9 nitrogen and oxygen atoms in total. The van der Waals surface area contributed by atoms with Gasteiger partial charge in [-0.25, -0.2) is 18.4 Å². The number of benzene rings is 1. The predicted octanol–water partition coefficient (Wildman–Crippen LogP) is 3.86. The van der Waals surface area contributed by atoms with Crippen LogP contribution in [0.4, 0.5) is 29.7 Å². The lowest BCUT2D eigenvalue weighted by atomic mass is 10.1. The third-order valence-electron chi connectivity index (χ3n) is 5.25. The van der Waals surface area contributed by atoms with Gasteiger partial charge in [0, 0.05) is 31.8 Å². The smallest absolute Gasteiger partial charge is 0.433 e. The van der Waals surface area contributed by atoms with Gasteiger partial charge >= 0.3 is 12.2 Å². The normalized spacial score (nSPS) is 22.5. The fourth-order valence-electron chi connectivity index (χ4n) is 3.77. The van der Waals surface area contributed by atoms with Crippen LogP contribution in [0.15, 0.2) is 29.4 Å². The lowest BCUT2D eigenvalue weighted by molar-refractivity contribution is 0.0213. The van der Waals surface area contributed by atoms with E-state index in [9.17, 15) is 18.4 Å². The van der Waals surface area contributed by atoms with Gasteiger partial charge in [0.25, 0.3) is 0 Å². The van der Waals surface area contributed by atoms with Crippen LogP contribution in [0, 0.1) is 11.6 Å². The molecule has 0 aliphatic carbocycles.